The largest absolute Gasteiger partial charge is 0.504 e. The van der Waals surface area contributed by atoms with E-state index in [0.29, 0.717) is 37.0 Å². The molecule has 0 bridgehead atoms. The summed E-state index contributed by atoms with van der Waals surface area (Å²) in [4.78, 5) is 16.1. The number of ether oxygens (including phenoxy) is 1. The van der Waals surface area contributed by atoms with Crippen LogP contribution < -0.4 is 4.74 Å². The van der Waals surface area contributed by atoms with Gasteiger partial charge in [-0.1, -0.05) is 23.7 Å². The van der Waals surface area contributed by atoms with Crippen LogP contribution >= 0.6 is 11.6 Å². The number of benzene rings is 2. The van der Waals surface area contributed by atoms with Crippen LogP contribution in [0.1, 0.15) is 5.56 Å². The monoisotopic (exact) mass is 390 g/mol. The van der Waals surface area contributed by atoms with Gasteiger partial charge >= 0.3 is 0 Å². The molecule has 1 heterocycles. The molecule has 2 aromatic rings. The lowest BCUT2D eigenvalue weighted by Gasteiger charge is -2.23. The SMILES string of the molecule is CN(CCO)CC(=O)N1CCOc2c(O)cc(-c3cccc(Cl)c3)cc2C1. The number of fused-ring (bicyclic) bond motifs is 1. The number of carbonyl (C=O) groups excluding carboxylic acids is 1. The van der Waals surface area contributed by atoms with Gasteiger partial charge in [-0.25, -0.2) is 0 Å². The molecule has 0 spiro atoms. The van der Waals surface area contributed by atoms with Gasteiger partial charge in [0.1, 0.15) is 6.61 Å². The van der Waals surface area contributed by atoms with Crippen LogP contribution in [0.25, 0.3) is 11.1 Å². The number of aliphatic hydroxyl groups excluding tert-OH is 1. The molecule has 0 unspecified atom stereocenters. The molecule has 144 valence electrons. The van der Waals surface area contributed by atoms with Gasteiger partial charge in [-0.3, -0.25) is 9.69 Å². The number of rotatable bonds is 5. The van der Waals surface area contributed by atoms with Crippen LogP contribution in [0.15, 0.2) is 36.4 Å². The Hall–Kier alpha value is -2.28. The van der Waals surface area contributed by atoms with Crippen molar-refractivity contribution in [3.63, 3.8) is 0 Å². The van der Waals surface area contributed by atoms with Gasteiger partial charge < -0.3 is 19.8 Å². The minimum Gasteiger partial charge on any atom is -0.504 e. The first-order chi connectivity index (χ1) is 13.0. The van der Waals surface area contributed by atoms with Gasteiger partial charge in [-0.15, -0.1) is 0 Å². The first kappa shape index (κ1) is 19.5. The van der Waals surface area contributed by atoms with E-state index in [1.54, 1.807) is 29.0 Å². The van der Waals surface area contributed by atoms with Crippen LogP contribution in [-0.4, -0.2) is 65.8 Å². The molecule has 1 aliphatic rings. The zero-order valence-corrected chi connectivity index (χ0v) is 15.9. The molecule has 7 heteroatoms. The number of likely N-dealkylation sites (N-methyl/N-ethyl adjacent to an activating group) is 1. The molecule has 3 rings (SSSR count). The topological polar surface area (TPSA) is 73.2 Å². The summed E-state index contributed by atoms with van der Waals surface area (Å²) in [5.41, 5.74) is 2.44. The number of phenols is 1. The van der Waals surface area contributed by atoms with Gasteiger partial charge in [-0.05, 0) is 42.4 Å². The third-order valence-electron chi connectivity index (χ3n) is 4.51. The van der Waals surface area contributed by atoms with Crippen molar-refractivity contribution < 1.29 is 19.7 Å². The lowest BCUT2D eigenvalue weighted by atomic mass is 10.0. The van der Waals surface area contributed by atoms with Crippen molar-refractivity contribution in [3.05, 3.63) is 47.0 Å². The van der Waals surface area contributed by atoms with Crippen LogP contribution in [0, 0.1) is 0 Å². The molecule has 0 atom stereocenters. The predicted molar refractivity (Wildman–Crippen MR) is 104 cm³/mol. The quantitative estimate of drug-likeness (QED) is 0.819. The lowest BCUT2D eigenvalue weighted by molar-refractivity contribution is -0.132. The minimum atomic E-state index is -0.0463. The third-order valence-corrected chi connectivity index (χ3v) is 4.75. The second-order valence-corrected chi connectivity index (χ2v) is 7.06. The summed E-state index contributed by atoms with van der Waals surface area (Å²) in [6.45, 7) is 1.76. The molecule has 2 aromatic carbocycles. The molecule has 0 fully saturated rings. The zero-order chi connectivity index (χ0) is 19.4. The standard InChI is InChI=1S/C20H23ClN2O4/c1-22(5-7-24)13-19(26)23-6-8-27-20-16(12-23)9-15(11-18(20)25)14-3-2-4-17(21)10-14/h2-4,9-11,24-25H,5-8,12-13H2,1H3. The smallest absolute Gasteiger partial charge is 0.237 e. The molecular weight excluding hydrogens is 368 g/mol. The summed E-state index contributed by atoms with van der Waals surface area (Å²) in [6.07, 6.45) is 0. The molecule has 0 aromatic heterocycles. The average Bonchev–Trinajstić information content (AvgIpc) is 2.85. The maximum absolute atomic E-state index is 12.6. The second-order valence-electron chi connectivity index (χ2n) is 6.62. The van der Waals surface area contributed by atoms with Gasteiger partial charge in [0.15, 0.2) is 11.5 Å². The van der Waals surface area contributed by atoms with Crippen LogP contribution in [0.5, 0.6) is 11.5 Å². The van der Waals surface area contributed by atoms with Gasteiger partial charge in [-0.2, -0.15) is 0 Å². The fourth-order valence-corrected chi connectivity index (χ4v) is 3.32. The van der Waals surface area contributed by atoms with E-state index in [9.17, 15) is 9.90 Å². The highest BCUT2D eigenvalue weighted by atomic mass is 35.5. The first-order valence-corrected chi connectivity index (χ1v) is 9.17. The average molecular weight is 391 g/mol. The summed E-state index contributed by atoms with van der Waals surface area (Å²) in [5.74, 6) is 0.420. The molecule has 0 radical (unpaired) electrons. The fraction of sp³-hybridized carbons (Fsp3) is 0.350. The van der Waals surface area contributed by atoms with E-state index in [2.05, 4.69) is 0 Å². The van der Waals surface area contributed by atoms with E-state index in [0.717, 1.165) is 16.7 Å². The van der Waals surface area contributed by atoms with Gasteiger partial charge in [0.2, 0.25) is 5.91 Å². The van der Waals surface area contributed by atoms with Crippen molar-refractivity contribution >= 4 is 17.5 Å². The Bertz CT molecular complexity index is 828. The predicted octanol–water partition coefficient (Wildman–Crippen LogP) is 2.36. The molecule has 0 saturated carbocycles. The Morgan fingerprint density at radius 2 is 2.11 bits per heavy atom. The Morgan fingerprint density at radius 1 is 1.30 bits per heavy atom. The van der Waals surface area contributed by atoms with Crippen LogP contribution in [0.3, 0.4) is 0 Å². The molecule has 27 heavy (non-hydrogen) atoms. The number of hydrogen-bond acceptors (Lipinski definition) is 5. The van der Waals surface area contributed by atoms with E-state index >= 15 is 0 Å². The Balaban J connectivity index is 1.86. The summed E-state index contributed by atoms with van der Waals surface area (Å²) < 4.78 is 5.70. The van der Waals surface area contributed by atoms with Crippen molar-refractivity contribution in [1.82, 2.24) is 9.80 Å². The fourth-order valence-electron chi connectivity index (χ4n) is 3.13. The molecule has 0 aliphatic carbocycles. The van der Waals surface area contributed by atoms with Gasteiger partial charge in [0.05, 0.1) is 19.7 Å². The second kappa shape index (κ2) is 8.61. The summed E-state index contributed by atoms with van der Waals surface area (Å²) in [5, 5.41) is 20.0. The number of aliphatic hydroxyl groups is 1. The number of hydrogen-bond donors (Lipinski definition) is 2. The van der Waals surface area contributed by atoms with Crippen LogP contribution in [0.4, 0.5) is 0 Å². The molecular formula is C20H23ClN2O4. The Kier molecular flexibility index (Phi) is 6.21. The third kappa shape index (κ3) is 4.71. The number of aromatic hydroxyl groups is 1. The lowest BCUT2D eigenvalue weighted by Crippen LogP contribution is -2.40. The molecule has 2 N–H and O–H groups in total. The number of amides is 1. The maximum Gasteiger partial charge on any atom is 0.237 e. The van der Waals surface area contributed by atoms with Crippen LogP contribution in [-0.2, 0) is 11.3 Å². The first-order valence-electron chi connectivity index (χ1n) is 8.79. The Labute approximate surface area is 163 Å². The molecule has 1 aliphatic heterocycles. The number of nitrogens with zero attached hydrogens (tertiary/aromatic N) is 2. The molecule has 1 amide bonds. The van der Waals surface area contributed by atoms with Crippen molar-refractivity contribution in [2.75, 3.05) is 39.9 Å². The van der Waals surface area contributed by atoms with Crippen molar-refractivity contribution in [1.29, 1.82) is 0 Å². The van der Waals surface area contributed by atoms with Crippen molar-refractivity contribution in [2.24, 2.45) is 0 Å². The maximum atomic E-state index is 12.6. The zero-order valence-electron chi connectivity index (χ0n) is 15.2. The summed E-state index contributed by atoms with van der Waals surface area (Å²) in [6, 6.07) is 11.0. The number of halogens is 1. The van der Waals surface area contributed by atoms with Crippen molar-refractivity contribution in [2.45, 2.75) is 6.54 Å². The Morgan fingerprint density at radius 3 is 2.85 bits per heavy atom. The van der Waals surface area contributed by atoms with Crippen LogP contribution in [0.2, 0.25) is 5.02 Å². The normalized spacial score (nSPS) is 13.9. The minimum absolute atomic E-state index is 0.00654. The highest BCUT2D eigenvalue weighted by Crippen LogP contribution is 2.38. The summed E-state index contributed by atoms with van der Waals surface area (Å²) >= 11 is 6.08. The summed E-state index contributed by atoms with van der Waals surface area (Å²) in [7, 11) is 1.79. The van der Waals surface area contributed by atoms with Gasteiger partial charge in [0, 0.05) is 23.7 Å². The van der Waals surface area contributed by atoms with Crippen molar-refractivity contribution in [3.8, 4) is 22.6 Å². The van der Waals surface area contributed by atoms with E-state index in [1.165, 1.54) is 0 Å². The van der Waals surface area contributed by atoms with E-state index in [-0.39, 0.29) is 24.8 Å². The number of carbonyl (C=O) groups is 1. The van der Waals surface area contributed by atoms with E-state index in [4.69, 9.17) is 21.4 Å². The highest BCUT2D eigenvalue weighted by molar-refractivity contribution is 6.30. The van der Waals surface area contributed by atoms with Gasteiger partial charge in [0.25, 0.3) is 0 Å². The number of phenolic OH excluding ortho intramolecular Hbond substituents is 1. The highest BCUT2D eigenvalue weighted by Gasteiger charge is 2.23. The molecule has 6 nitrogen and oxygen atoms in total. The van der Waals surface area contributed by atoms with E-state index < -0.39 is 0 Å². The van der Waals surface area contributed by atoms with E-state index in [1.807, 2.05) is 24.3 Å². The molecule has 0 saturated heterocycles.